The summed E-state index contributed by atoms with van der Waals surface area (Å²) >= 11 is 1.40. The third kappa shape index (κ3) is 11.8. The summed E-state index contributed by atoms with van der Waals surface area (Å²) < 4.78 is 0. The highest BCUT2D eigenvalue weighted by molar-refractivity contribution is 7.98. The fourth-order valence-corrected chi connectivity index (χ4v) is 2.77. The number of thioether (sulfide) groups is 1. The van der Waals surface area contributed by atoms with E-state index < -0.39 is 66.1 Å². The van der Waals surface area contributed by atoms with E-state index in [1.807, 2.05) is 0 Å². The Balaban J connectivity index is 5.36. The molecule has 4 atom stereocenters. The zero-order valence-corrected chi connectivity index (χ0v) is 18.2. The van der Waals surface area contributed by atoms with Crippen molar-refractivity contribution in [1.29, 1.82) is 0 Å². The molecule has 0 aromatic carbocycles. The second-order valence-corrected chi connectivity index (χ2v) is 7.74. The van der Waals surface area contributed by atoms with Crippen molar-refractivity contribution >= 4 is 47.3 Å². The second-order valence-electron chi connectivity index (χ2n) is 6.75. The standard InChI is InChI=1S/C17H30N6O7S/c1-8(17(29)30)21-15(27)10(3-4-12(19)24)23-16(28)11(5-6-31-2)22-14(26)9(18)7-13(20)25/h8-11H,3-7,18H2,1-2H3,(H2,19,24)(H2,20,25)(H,21,27)(H,22,26)(H,23,28)(H,29,30). The maximum atomic E-state index is 12.7. The number of aliphatic carboxylic acids is 1. The van der Waals surface area contributed by atoms with Crippen molar-refractivity contribution in [3.8, 4) is 0 Å². The average molecular weight is 463 g/mol. The predicted octanol–water partition coefficient (Wildman–Crippen LogP) is -3.23. The van der Waals surface area contributed by atoms with E-state index in [2.05, 4.69) is 16.0 Å². The molecule has 0 aromatic rings. The van der Waals surface area contributed by atoms with Crippen LogP contribution >= 0.6 is 11.8 Å². The lowest BCUT2D eigenvalue weighted by molar-refractivity contribution is -0.142. The fourth-order valence-electron chi connectivity index (χ4n) is 2.30. The minimum Gasteiger partial charge on any atom is -0.480 e. The Morgan fingerprint density at radius 3 is 1.87 bits per heavy atom. The van der Waals surface area contributed by atoms with Gasteiger partial charge in [0.05, 0.1) is 12.5 Å². The van der Waals surface area contributed by atoms with Crippen LogP contribution in [0.2, 0.25) is 0 Å². The van der Waals surface area contributed by atoms with Crippen LogP contribution in [-0.2, 0) is 28.8 Å². The van der Waals surface area contributed by atoms with Crippen molar-refractivity contribution in [2.45, 2.75) is 56.8 Å². The SMILES string of the molecule is CSCCC(NC(=O)C(N)CC(N)=O)C(=O)NC(CCC(N)=O)C(=O)NC(C)C(=O)O. The van der Waals surface area contributed by atoms with E-state index in [1.54, 1.807) is 6.26 Å². The van der Waals surface area contributed by atoms with E-state index in [0.29, 0.717) is 5.75 Å². The summed E-state index contributed by atoms with van der Waals surface area (Å²) in [5.41, 5.74) is 15.7. The lowest BCUT2D eigenvalue weighted by Gasteiger charge is -2.24. The Kier molecular flexibility index (Phi) is 12.9. The maximum Gasteiger partial charge on any atom is 0.325 e. The normalized spacial score (nSPS) is 14.4. The summed E-state index contributed by atoms with van der Waals surface area (Å²) in [6, 6.07) is -4.86. The summed E-state index contributed by atoms with van der Waals surface area (Å²) in [6.07, 6.45) is 1.12. The fraction of sp³-hybridized carbons (Fsp3) is 0.647. The van der Waals surface area contributed by atoms with Crippen molar-refractivity contribution in [1.82, 2.24) is 16.0 Å². The summed E-state index contributed by atoms with van der Waals surface area (Å²) in [5, 5.41) is 16.0. The highest BCUT2D eigenvalue weighted by Crippen LogP contribution is 2.05. The number of carboxylic acids is 1. The molecule has 0 saturated heterocycles. The monoisotopic (exact) mass is 462 g/mol. The van der Waals surface area contributed by atoms with Crippen LogP contribution in [0.4, 0.5) is 0 Å². The number of carbonyl (C=O) groups is 6. The van der Waals surface area contributed by atoms with Gasteiger partial charge in [0, 0.05) is 6.42 Å². The minimum atomic E-state index is -1.29. The molecule has 31 heavy (non-hydrogen) atoms. The molecule has 176 valence electrons. The van der Waals surface area contributed by atoms with Gasteiger partial charge in [0.25, 0.3) is 0 Å². The Morgan fingerprint density at radius 1 is 0.871 bits per heavy atom. The van der Waals surface area contributed by atoms with Crippen LogP contribution in [0.3, 0.4) is 0 Å². The van der Waals surface area contributed by atoms with Gasteiger partial charge in [-0.3, -0.25) is 28.8 Å². The third-order valence-electron chi connectivity index (χ3n) is 4.04. The van der Waals surface area contributed by atoms with Crippen LogP contribution < -0.4 is 33.2 Å². The van der Waals surface area contributed by atoms with Crippen molar-refractivity contribution < 1.29 is 33.9 Å². The number of carboxylic acid groups (broad SMARTS) is 1. The highest BCUT2D eigenvalue weighted by atomic mass is 32.2. The van der Waals surface area contributed by atoms with Crippen LogP contribution in [0.15, 0.2) is 0 Å². The van der Waals surface area contributed by atoms with Gasteiger partial charge < -0.3 is 38.3 Å². The van der Waals surface area contributed by atoms with E-state index in [9.17, 15) is 28.8 Å². The molecule has 0 fully saturated rings. The number of rotatable bonds is 15. The molecule has 0 saturated carbocycles. The van der Waals surface area contributed by atoms with Gasteiger partial charge in [-0.05, 0) is 31.8 Å². The first kappa shape index (κ1) is 28.1. The second kappa shape index (κ2) is 14.2. The molecular formula is C17H30N6O7S. The number of primary amides is 2. The van der Waals surface area contributed by atoms with Crippen molar-refractivity contribution in [2.24, 2.45) is 17.2 Å². The number of nitrogens with one attached hydrogen (secondary N) is 3. The molecule has 0 heterocycles. The summed E-state index contributed by atoms with van der Waals surface area (Å²) in [7, 11) is 0. The number of amides is 5. The Bertz CT molecular complexity index is 690. The molecule has 13 nitrogen and oxygen atoms in total. The third-order valence-corrected chi connectivity index (χ3v) is 4.69. The van der Waals surface area contributed by atoms with Gasteiger partial charge in [-0.1, -0.05) is 0 Å². The van der Waals surface area contributed by atoms with E-state index in [-0.39, 0.29) is 19.3 Å². The summed E-state index contributed by atoms with van der Waals surface area (Å²) in [6.45, 7) is 1.23. The number of hydrogen-bond donors (Lipinski definition) is 7. The van der Waals surface area contributed by atoms with Crippen LogP contribution in [-0.4, -0.2) is 76.8 Å². The van der Waals surface area contributed by atoms with Gasteiger partial charge in [0.1, 0.15) is 18.1 Å². The first-order chi connectivity index (χ1) is 14.4. The minimum absolute atomic E-state index is 0.177. The van der Waals surface area contributed by atoms with Crippen molar-refractivity contribution in [3.63, 3.8) is 0 Å². The largest absolute Gasteiger partial charge is 0.480 e. The molecule has 4 unspecified atom stereocenters. The zero-order valence-electron chi connectivity index (χ0n) is 17.4. The predicted molar refractivity (Wildman–Crippen MR) is 112 cm³/mol. The zero-order chi connectivity index (χ0) is 24.1. The molecule has 0 aliphatic carbocycles. The van der Waals surface area contributed by atoms with Gasteiger partial charge in [-0.2, -0.15) is 11.8 Å². The van der Waals surface area contributed by atoms with E-state index in [0.717, 1.165) is 0 Å². The molecule has 0 spiro atoms. The molecule has 0 aliphatic heterocycles. The molecule has 0 bridgehead atoms. The maximum absolute atomic E-state index is 12.7. The van der Waals surface area contributed by atoms with Gasteiger partial charge in [0.15, 0.2) is 0 Å². The topological polar surface area (TPSA) is 237 Å². The van der Waals surface area contributed by atoms with Crippen LogP contribution in [0.1, 0.15) is 32.6 Å². The van der Waals surface area contributed by atoms with Crippen molar-refractivity contribution in [3.05, 3.63) is 0 Å². The van der Waals surface area contributed by atoms with E-state index >= 15 is 0 Å². The smallest absolute Gasteiger partial charge is 0.325 e. The quantitative estimate of drug-likeness (QED) is 0.129. The molecule has 10 N–H and O–H groups in total. The van der Waals surface area contributed by atoms with Gasteiger partial charge in [-0.25, -0.2) is 0 Å². The Labute approximate surface area is 183 Å². The van der Waals surface area contributed by atoms with Crippen LogP contribution in [0, 0.1) is 0 Å². The lowest BCUT2D eigenvalue weighted by atomic mass is 10.1. The molecule has 0 rings (SSSR count). The van der Waals surface area contributed by atoms with Gasteiger partial charge in [-0.15, -0.1) is 0 Å². The highest BCUT2D eigenvalue weighted by Gasteiger charge is 2.29. The van der Waals surface area contributed by atoms with E-state index in [4.69, 9.17) is 22.3 Å². The molecule has 0 radical (unpaired) electrons. The average Bonchev–Trinajstić information content (AvgIpc) is 2.66. The van der Waals surface area contributed by atoms with Crippen LogP contribution in [0.5, 0.6) is 0 Å². The summed E-state index contributed by atoms with van der Waals surface area (Å²) in [5.74, 6) is -4.69. The number of nitrogens with two attached hydrogens (primary N) is 3. The number of hydrogen-bond acceptors (Lipinski definition) is 8. The number of carbonyl (C=O) groups excluding carboxylic acids is 5. The van der Waals surface area contributed by atoms with Gasteiger partial charge >= 0.3 is 5.97 Å². The van der Waals surface area contributed by atoms with Gasteiger partial charge in [0.2, 0.25) is 29.5 Å². The summed E-state index contributed by atoms with van der Waals surface area (Å²) in [4.78, 5) is 70.3. The molecule has 5 amide bonds. The van der Waals surface area contributed by atoms with Crippen LogP contribution in [0.25, 0.3) is 0 Å². The Morgan fingerprint density at radius 2 is 1.39 bits per heavy atom. The first-order valence-corrected chi connectivity index (χ1v) is 10.7. The Hall–Kier alpha value is -2.87. The lowest BCUT2D eigenvalue weighted by Crippen LogP contribution is -2.57. The first-order valence-electron chi connectivity index (χ1n) is 9.34. The van der Waals surface area contributed by atoms with Crippen molar-refractivity contribution in [2.75, 3.05) is 12.0 Å². The van der Waals surface area contributed by atoms with E-state index in [1.165, 1.54) is 18.7 Å². The molecule has 0 aliphatic rings. The molecule has 0 aromatic heterocycles. The molecule has 14 heteroatoms. The molecular weight excluding hydrogens is 432 g/mol.